The molecule has 2 nitrogen and oxygen atoms in total. The van der Waals surface area contributed by atoms with E-state index in [0.29, 0.717) is 6.61 Å². The van der Waals surface area contributed by atoms with Crippen molar-refractivity contribution < 1.29 is 9.09 Å². The molecule has 9 heavy (non-hydrogen) atoms. The van der Waals surface area contributed by atoms with Crippen molar-refractivity contribution in [1.82, 2.24) is 0 Å². The van der Waals surface area contributed by atoms with E-state index in [0.717, 1.165) is 6.42 Å². The molecule has 0 aliphatic heterocycles. The van der Waals surface area contributed by atoms with Gasteiger partial charge in [0.1, 0.15) is 6.61 Å². The summed E-state index contributed by atoms with van der Waals surface area (Å²) in [6.07, 6.45) is 0.939. The summed E-state index contributed by atoms with van der Waals surface area (Å²) in [6.45, 7) is 4.16. The molecule has 0 rings (SSSR count). The Labute approximate surface area is 59.5 Å². The van der Waals surface area contributed by atoms with Gasteiger partial charge in [-0.15, -0.1) is 4.52 Å². The van der Waals surface area contributed by atoms with E-state index < -0.39 is 8.03 Å². The molecule has 0 heterocycles. The minimum Gasteiger partial charge on any atom is -0.147 e. The average Bonchev–Trinajstić information content (AvgIpc) is 1.61. The van der Waals surface area contributed by atoms with Crippen LogP contribution in [0.3, 0.4) is 0 Å². The second-order valence-corrected chi connectivity index (χ2v) is 2.41. The van der Waals surface area contributed by atoms with Crippen LogP contribution in [0, 0.1) is 0 Å². The van der Waals surface area contributed by atoms with Gasteiger partial charge in [-0.3, -0.25) is 0 Å². The maximum absolute atomic E-state index is 10.1. The Morgan fingerprint density at radius 1 is 1.44 bits per heavy atom. The van der Waals surface area contributed by atoms with Gasteiger partial charge in [0, 0.05) is 0 Å². The average molecular weight is 153 g/mol. The van der Waals surface area contributed by atoms with Gasteiger partial charge in [-0.2, -0.15) is 0 Å². The fourth-order valence-electron chi connectivity index (χ4n) is 0.220. The minimum atomic E-state index is -1.36. The Morgan fingerprint density at radius 2 is 1.89 bits per heavy atom. The van der Waals surface area contributed by atoms with Crippen molar-refractivity contribution in [3.8, 4) is 0 Å². The molecule has 0 fully saturated rings. The molecule has 58 valence electrons. The minimum absolute atomic E-state index is 0. The maximum Gasteiger partial charge on any atom is 0.504 e. The molecule has 1 unspecified atom stereocenters. The first-order valence-electron chi connectivity index (χ1n) is 2.31. The second kappa shape index (κ2) is 10.9. The lowest BCUT2D eigenvalue weighted by atomic mass is 10.5. The van der Waals surface area contributed by atoms with Crippen molar-refractivity contribution in [3.05, 3.63) is 0 Å². The zero-order valence-corrected chi connectivity index (χ0v) is 5.57. The first kappa shape index (κ1) is 16.0. The quantitative estimate of drug-likeness (QED) is 0.582. The van der Waals surface area contributed by atoms with Crippen molar-refractivity contribution in [3.63, 3.8) is 0 Å². The molecule has 0 aromatic carbocycles. The smallest absolute Gasteiger partial charge is 0.147 e. The van der Waals surface area contributed by atoms with E-state index in [2.05, 4.69) is 0 Å². The van der Waals surface area contributed by atoms with Crippen LogP contribution in [0.4, 0.5) is 0 Å². The van der Waals surface area contributed by atoms with Crippen molar-refractivity contribution in [2.45, 2.75) is 28.2 Å². The largest absolute Gasteiger partial charge is 0.504 e. The van der Waals surface area contributed by atoms with Crippen molar-refractivity contribution >= 4 is 8.03 Å². The van der Waals surface area contributed by atoms with E-state index in [4.69, 9.17) is 4.52 Å². The van der Waals surface area contributed by atoms with Crippen molar-refractivity contribution in [2.24, 2.45) is 0 Å². The lowest BCUT2D eigenvalue weighted by molar-refractivity contribution is 0.332. The Morgan fingerprint density at radius 3 is 2.00 bits per heavy atom. The molecule has 0 spiro atoms. The van der Waals surface area contributed by atoms with Crippen LogP contribution in [0.5, 0.6) is 0 Å². The summed E-state index contributed by atoms with van der Waals surface area (Å²) >= 11 is 0. The Balaban J connectivity index is -0.000000180. The Kier molecular flexibility index (Phi) is 19.5. The molecule has 0 radical (unpaired) electrons. The summed E-state index contributed by atoms with van der Waals surface area (Å²) in [5.74, 6) is 0. The molecular formula is C6H18O2P+. The Hall–Kier alpha value is 0.0600. The van der Waals surface area contributed by atoms with Crippen molar-refractivity contribution in [1.29, 1.82) is 0 Å². The van der Waals surface area contributed by atoms with Crippen LogP contribution in [0.15, 0.2) is 0 Å². The van der Waals surface area contributed by atoms with Gasteiger partial charge in [-0.1, -0.05) is 21.8 Å². The van der Waals surface area contributed by atoms with E-state index in [1.807, 2.05) is 6.92 Å². The van der Waals surface area contributed by atoms with E-state index >= 15 is 0 Å². The van der Waals surface area contributed by atoms with Gasteiger partial charge in [0.2, 0.25) is 0 Å². The number of hydrogen-bond acceptors (Lipinski definition) is 2. The highest BCUT2D eigenvalue weighted by Crippen LogP contribution is 2.14. The predicted molar refractivity (Wildman–Crippen MR) is 43.2 cm³/mol. The first-order chi connectivity index (χ1) is 3.27. The highest BCUT2D eigenvalue weighted by Gasteiger charge is 2.02. The van der Waals surface area contributed by atoms with Gasteiger partial charge < -0.3 is 0 Å². The molecule has 0 saturated heterocycles. The topological polar surface area (TPSA) is 26.3 Å². The fourth-order valence-corrected chi connectivity index (χ4v) is 0.660. The maximum atomic E-state index is 10.1. The van der Waals surface area contributed by atoms with Crippen molar-refractivity contribution in [2.75, 3.05) is 13.3 Å². The summed E-state index contributed by atoms with van der Waals surface area (Å²) in [7, 11) is -1.36. The van der Waals surface area contributed by atoms with Gasteiger partial charge in [-0.25, -0.2) is 0 Å². The van der Waals surface area contributed by atoms with Crippen LogP contribution in [0.2, 0.25) is 0 Å². The molecular weight excluding hydrogens is 135 g/mol. The normalized spacial score (nSPS) is 8.89. The van der Waals surface area contributed by atoms with E-state index in [9.17, 15) is 4.57 Å². The van der Waals surface area contributed by atoms with Crippen LogP contribution >= 0.6 is 8.03 Å². The highest BCUT2D eigenvalue weighted by atomic mass is 31.1. The summed E-state index contributed by atoms with van der Waals surface area (Å²) in [5, 5.41) is 0. The molecule has 0 bridgehead atoms. The molecule has 1 atom stereocenters. The number of rotatable bonds is 3. The first-order valence-corrected chi connectivity index (χ1v) is 3.93. The third-order valence-electron chi connectivity index (χ3n) is 0.477. The van der Waals surface area contributed by atoms with Gasteiger partial charge in [0.25, 0.3) is 0 Å². The van der Waals surface area contributed by atoms with E-state index in [1.54, 1.807) is 6.66 Å². The fraction of sp³-hybridized carbons (Fsp3) is 1.00. The highest BCUT2D eigenvalue weighted by molar-refractivity contribution is 7.38. The molecule has 0 saturated carbocycles. The molecule has 3 heteroatoms. The van der Waals surface area contributed by atoms with E-state index in [1.165, 1.54) is 0 Å². The third kappa shape index (κ3) is 18.0. The molecule has 0 aromatic heterocycles. The van der Waals surface area contributed by atoms with Crippen LogP contribution in [0.1, 0.15) is 28.2 Å². The summed E-state index contributed by atoms with van der Waals surface area (Å²) in [4.78, 5) is 0. The van der Waals surface area contributed by atoms with Crippen LogP contribution in [-0.2, 0) is 9.09 Å². The number of hydrogen-bond donors (Lipinski definition) is 0. The third-order valence-corrected chi connectivity index (χ3v) is 1.02. The van der Waals surface area contributed by atoms with Crippen LogP contribution < -0.4 is 0 Å². The zero-order chi connectivity index (χ0) is 5.70. The molecule has 0 aromatic rings. The molecule has 0 aliphatic rings. The standard InChI is InChI=1S/C4H10O2P.2CH4/c1-3-4-6-7(2)5;;/h3-4H2,1-2H3;2*1H4/q+1;;. The van der Waals surface area contributed by atoms with E-state index in [-0.39, 0.29) is 14.9 Å². The van der Waals surface area contributed by atoms with Gasteiger partial charge >= 0.3 is 8.03 Å². The zero-order valence-electron chi connectivity index (χ0n) is 4.68. The SMILES string of the molecule is C.C.CCCO[P+](C)=O. The summed E-state index contributed by atoms with van der Waals surface area (Å²) in [6, 6.07) is 0. The lowest BCUT2D eigenvalue weighted by Crippen LogP contribution is -1.79. The predicted octanol–water partition coefficient (Wildman–Crippen LogP) is 3.06. The van der Waals surface area contributed by atoms with Gasteiger partial charge in [-0.05, 0) is 11.0 Å². The van der Waals surface area contributed by atoms with Gasteiger partial charge in [0.15, 0.2) is 6.66 Å². The lowest BCUT2D eigenvalue weighted by Gasteiger charge is -1.78. The molecule has 0 aliphatic carbocycles. The molecule has 0 N–H and O–H groups in total. The van der Waals surface area contributed by atoms with Crippen LogP contribution in [0.25, 0.3) is 0 Å². The van der Waals surface area contributed by atoms with Gasteiger partial charge in [0.05, 0.1) is 0 Å². The summed E-state index contributed by atoms with van der Waals surface area (Å²) < 4.78 is 14.8. The monoisotopic (exact) mass is 153 g/mol. The molecule has 0 amide bonds. The second-order valence-electron chi connectivity index (χ2n) is 1.27. The summed E-state index contributed by atoms with van der Waals surface area (Å²) in [5.41, 5.74) is 0. The Bertz CT molecular complexity index is 64.1. The van der Waals surface area contributed by atoms with Crippen LogP contribution in [-0.4, -0.2) is 13.3 Å².